The third kappa shape index (κ3) is 2.73. The van der Waals surface area contributed by atoms with Crippen molar-refractivity contribution in [2.75, 3.05) is 6.61 Å². The maximum atomic E-state index is 9.18. The Morgan fingerprint density at radius 1 is 1.47 bits per heavy atom. The molecule has 1 heterocycles. The minimum absolute atomic E-state index is 0.209. The van der Waals surface area contributed by atoms with Crippen LogP contribution in [0.3, 0.4) is 0 Å². The highest BCUT2D eigenvalue weighted by atomic mass is 35.5. The van der Waals surface area contributed by atoms with Crippen molar-refractivity contribution in [3.63, 3.8) is 0 Å². The van der Waals surface area contributed by atoms with E-state index in [4.69, 9.17) is 11.6 Å². The van der Waals surface area contributed by atoms with Crippen LogP contribution in [0, 0.1) is 12.8 Å². The van der Waals surface area contributed by atoms with Gasteiger partial charge in [-0.3, -0.25) is 4.68 Å². The lowest BCUT2D eigenvalue weighted by atomic mass is 10.0. The van der Waals surface area contributed by atoms with Crippen LogP contribution in [0.1, 0.15) is 31.7 Å². The van der Waals surface area contributed by atoms with Gasteiger partial charge in [-0.05, 0) is 26.2 Å². The molecule has 0 amide bonds. The van der Waals surface area contributed by atoms with E-state index < -0.39 is 0 Å². The first-order valence-electron chi connectivity index (χ1n) is 5.46. The zero-order chi connectivity index (χ0) is 11.4. The molecule has 1 N–H and O–H groups in total. The Balaban J connectivity index is 2.91. The number of aliphatic hydroxyl groups is 1. The molecule has 0 aliphatic rings. The van der Waals surface area contributed by atoms with Gasteiger partial charge in [0.1, 0.15) is 0 Å². The molecule has 3 nitrogen and oxygen atoms in total. The highest BCUT2D eigenvalue weighted by Crippen LogP contribution is 2.23. The molecule has 86 valence electrons. The normalized spacial score (nSPS) is 13.1. The van der Waals surface area contributed by atoms with E-state index in [-0.39, 0.29) is 12.5 Å². The van der Waals surface area contributed by atoms with Crippen molar-refractivity contribution in [1.82, 2.24) is 9.78 Å². The fourth-order valence-corrected chi connectivity index (χ4v) is 1.89. The second-order valence-electron chi connectivity index (χ2n) is 3.82. The molecule has 0 bridgehead atoms. The van der Waals surface area contributed by atoms with E-state index in [1.54, 1.807) is 0 Å². The molecule has 0 aromatic carbocycles. The molecule has 0 saturated heterocycles. The summed E-state index contributed by atoms with van der Waals surface area (Å²) in [6.07, 6.45) is 1.77. The SMILES string of the molecule is CCC(CO)Cc1c(Cl)c(C)nn1CC. The van der Waals surface area contributed by atoms with Crippen molar-refractivity contribution in [2.24, 2.45) is 5.92 Å². The molecule has 1 unspecified atom stereocenters. The summed E-state index contributed by atoms with van der Waals surface area (Å²) in [5.41, 5.74) is 1.93. The van der Waals surface area contributed by atoms with Gasteiger partial charge in [-0.2, -0.15) is 5.10 Å². The van der Waals surface area contributed by atoms with Gasteiger partial charge in [0, 0.05) is 13.2 Å². The van der Waals surface area contributed by atoms with Crippen LogP contribution in [0.25, 0.3) is 0 Å². The molecule has 0 fully saturated rings. The highest BCUT2D eigenvalue weighted by Gasteiger charge is 2.16. The summed E-state index contributed by atoms with van der Waals surface area (Å²) in [5, 5.41) is 14.3. The van der Waals surface area contributed by atoms with Crippen molar-refractivity contribution >= 4 is 11.6 Å². The number of rotatable bonds is 5. The molecular weight excluding hydrogens is 212 g/mol. The predicted octanol–water partition coefficient (Wildman–Crippen LogP) is 2.43. The quantitative estimate of drug-likeness (QED) is 0.844. The van der Waals surface area contributed by atoms with Gasteiger partial charge in [-0.1, -0.05) is 24.9 Å². The first-order valence-corrected chi connectivity index (χ1v) is 5.84. The average Bonchev–Trinajstić information content (AvgIpc) is 2.52. The first-order chi connectivity index (χ1) is 7.13. The molecule has 0 saturated carbocycles. The van der Waals surface area contributed by atoms with Crippen LogP contribution in [0.5, 0.6) is 0 Å². The smallest absolute Gasteiger partial charge is 0.0847 e. The summed E-state index contributed by atoms with van der Waals surface area (Å²) < 4.78 is 1.93. The number of aliphatic hydroxyl groups excluding tert-OH is 1. The van der Waals surface area contributed by atoms with E-state index in [0.29, 0.717) is 0 Å². The monoisotopic (exact) mass is 230 g/mol. The lowest BCUT2D eigenvalue weighted by Gasteiger charge is -2.12. The summed E-state index contributed by atoms with van der Waals surface area (Å²) in [6, 6.07) is 0. The van der Waals surface area contributed by atoms with Gasteiger partial charge in [0.25, 0.3) is 0 Å². The number of hydrogen-bond donors (Lipinski definition) is 1. The van der Waals surface area contributed by atoms with Crippen molar-refractivity contribution in [2.45, 2.75) is 40.2 Å². The Kier molecular flexibility index (Phi) is 4.61. The van der Waals surface area contributed by atoms with Crippen LogP contribution >= 0.6 is 11.6 Å². The second kappa shape index (κ2) is 5.52. The first kappa shape index (κ1) is 12.5. The van der Waals surface area contributed by atoms with Gasteiger partial charge in [-0.15, -0.1) is 0 Å². The van der Waals surface area contributed by atoms with Crippen molar-refractivity contribution in [3.8, 4) is 0 Å². The fourth-order valence-electron chi connectivity index (χ4n) is 1.68. The summed E-state index contributed by atoms with van der Waals surface area (Å²) in [6.45, 7) is 7.07. The van der Waals surface area contributed by atoms with Crippen LogP contribution in [0.15, 0.2) is 0 Å². The summed E-state index contributed by atoms with van der Waals surface area (Å²) in [5.74, 6) is 0.281. The summed E-state index contributed by atoms with van der Waals surface area (Å²) in [4.78, 5) is 0. The molecule has 1 atom stereocenters. The number of aromatic nitrogens is 2. The van der Waals surface area contributed by atoms with Crippen LogP contribution in [-0.4, -0.2) is 21.5 Å². The molecule has 1 rings (SSSR count). The summed E-state index contributed by atoms with van der Waals surface area (Å²) >= 11 is 6.19. The average molecular weight is 231 g/mol. The number of aryl methyl sites for hydroxylation is 2. The molecule has 1 aromatic rings. The Labute approximate surface area is 96.1 Å². The van der Waals surface area contributed by atoms with Gasteiger partial charge in [0.05, 0.1) is 16.4 Å². The minimum Gasteiger partial charge on any atom is -0.396 e. The highest BCUT2D eigenvalue weighted by molar-refractivity contribution is 6.31. The van der Waals surface area contributed by atoms with Crippen LogP contribution < -0.4 is 0 Å². The second-order valence-corrected chi connectivity index (χ2v) is 4.20. The lowest BCUT2D eigenvalue weighted by Crippen LogP contribution is -2.12. The zero-order valence-corrected chi connectivity index (χ0v) is 10.4. The Morgan fingerprint density at radius 3 is 2.60 bits per heavy atom. The lowest BCUT2D eigenvalue weighted by molar-refractivity contribution is 0.220. The van der Waals surface area contributed by atoms with Gasteiger partial charge >= 0.3 is 0 Å². The molecular formula is C11H19ClN2O. The van der Waals surface area contributed by atoms with Crippen molar-refractivity contribution in [1.29, 1.82) is 0 Å². The summed E-state index contributed by atoms with van der Waals surface area (Å²) in [7, 11) is 0. The zero-order valence-electron chi connectivity index (χ0n) is 9.63. The molecule has 0 aliphatic heterocycles. The Bertz CT molecular complexity index is 319. The van der Waals surface area contributed by atoms with E-state index in [9.17, 15) is 5.11 Å². The molecule has 15 heavy (non-hydrogen) atoms. The van der Waals surface area contributed by atoms with E-state index in [1.165, 1.54) is 0 Å². The van der Waals surface area contributed by atoms with E-state index in [0.717, 1.165) is 35.8 Å². The van der Waals surface area contributed by atoms with Gasteiger partial charge in [-0.25, -0.2) is 0 Å². The van der Waals surface area contributed by atoms with Crippen molar-refractivity contribution in [3.05, 3.63) is 16.4 Å². The van der Waals surface area contributed by atoms with Gasteiger partial charge in [0.2, 0.25) is 0 Å². The maximum absolute atomic E-state index is 9.18. The number of hydrogen-bond acceptors (Lipinski definition) is 2. The number of nitrogens with zero attached hydrogens (tertiary/aromatic N) is 2. The van der Waals surface area contributed by atoms with Crippen LogP contribution in [-0.2, 0) is 13.0 Å². The molecule has 4 heteroatoms. The molecule has 0 spiro atoms. The standard InChI is InChI=1S/C11H19ClN2O/c1-4-9(7-15)6-10-11(12)8(3)13-14(10)5-2/h9,15H,4-7H2,1-3H3. The fraction of sp³-hybridized carbons (Fsp3) is 0.727. The third-order valence-electron chi connectivity index (χ3n) is 2.77. The largest absolute Gasteiger partial charge is 0.396 e. The van der Waals surface area contributed by atoms with Gasteiger partial charge < -0.3 is 5.11 Å². The Morgan fingerprint density at radius 2 is 2.13 bits per heavy atom. The third-order valence-corrected chi connectivity index (χ3v) is 3.26. The molecule has 1 aromatic heterocycles. The van der Waals surface area contributed by atoms with Crippen molar-refractivity contribution < 1.29 is 5.11 Å². The number of halogens is 1. The topological polar surface area (TPSA) is 38.1 Å². The molecule has 0 radical (unpaired) electrons. The van der Waals surface area contributed by atoms with E-state index >= 15 is 0 Å². The predicted molar refractivity (Wildman–Crippen MR) is 62.2 cm³/mol. The molecule has 0 aliphatic carbocycles. The van der Waals surface area contributed by atoms with Crippen LogP contribution in [0.2, 0.25) is 5.02 Å². The minimum atomic E-state index is 0.209. The maximum Gasteiger partial charge on any atom is 0.0847 e. The van der Waals surface area contributed by atoms with Crippen LogP contribution in [0.4, 0.5) is 0 Å². The van der Waals surface area contributed by atoms with E-state index in [1.807, 2.05) is 18.5 Å². The van der Waals surface area contributed by atoms with Gasteiger partial charge in [0.15, 0.2) is 0 Å². The Hall–Kier alpha value is -0.540. The van der Waals surface area contributed by atoms with E-state index in [2.05, 4.69) is 12.0 Å².